The molecule has 0 aromatic carbocycles. The van der Waals surface area contributed by atoms with E-state index in [1.807, 2.05) is 20.8 Å². The van der Waals surface area contributed by atoms with Crippen LogP contribution in [0.15, 0.2) is 0 Å². The van der Waals surface area contributed by atoms with Gasteiger partial charge in [0.05, 0.1) is 11.5 Å². The van der Waals surface area contributed by atoms with Crippen LogP contribution in [0, 0.1) is 5.92 Å². The zero-order chi connectivity index (χ0) is 16.8. The van der Waals surface area contributed by atoms with Crippen molar-refractivity contribution in [2.24, 2.45) is 5.92 Å². The number of amides is 2. The van der Waals surface area contributed by atoms with Gasteiger partial charge in [0.1, 0.15) is 0 Å². The number of hydrogen-bond donors (Lipinski definition) is 3. The van der Waals surface area contributed by atoms with Crippen LogP contribution in [-0.2, 0) is 14.4 Å². The topological polar surface area (TPSA) is 95.5 Å². The largest absolute Gasteiger partial charge is 0.481 e. The molecule has 0 spiro atoms. The fraction of sp³-hybridized carbons (Fsp3) is 0.812. The molecule has 2 amide bonds. The molecule has 3 N–H and O–H groups in total. The molecule has 2 unspecified atom stereocenters. The number of rotatable bonds is 7. The predicted molar refractivity (Wildman–Crippen MR) is 83.3 cm³/mol. The van der Waals surface area contributed by atoms with Gasteiger partial charge in [-0.15, -0.1) is 0 Å². The van der Waals surface area contributed by atoms with E-state index < -0.39 is 17.4 Å². The first-order valence-electron chi connectivity index (χ1n) is 8.08. The number of carboxylic acid groups (broad SMARTS) is 1. The molecule has 126 valence electrons. The maximum atomic E-state index is 12.1. The maximum absolute atomic E-state index is 12.1. The lowest BCUT2D eigenvalue weighted by molar-refractivity contribution is -0.146. The van der Waals surface area contributed by atoms with Crippen LogP contribution in [0.2, 0.25) is 0 Å². The van der Waals surface area contributed by atoms with E-state index in [0.29, 0.717) is 25.7 Å². The number of carbonyl (C=O) groups is 3. The fourth-order valence-corrected chi connectivity index (χ4v) is 3.06. The second kappa shape index (κ2) is 8.15. The van der Waals surface area contributed by atoms with Crippen molar-refractivity contribution >= 4 is 17.8 Å². The van der Waals surface area contributed by atoms with Crippen molar-refractivity contribution < 1.29 is 19.5 Å². The molecule has 2 atom stereocenters. The second-order valence-electron chi connectivity index (χ2n) is 6.68. The molecule has 0 heterocycles. The normalized spacial score (nSPS) is 24.8. The highest BCUT2D eigenvalue weighted by molar-refractivity contribution is 5.80. The summed E-state index contributed by atoms with van der Waals surface area (Å²) < 4.78 is 0. The molecule has 1 saturated carbocycles. The average Bonchev–Trinajstić information content (AvgIpc) is 2.37. The summed E-state index contributed by atoms with van der Waals surface area (Å²) in [4.78, 5) is 34.9. The molecule has 1 aliphatic rings. The number of nitrogens with one attached hydrogen (secondary N) is 2. The zero-order valence-corrected chi connectivity index (χ0v) is 13.8. The first-order chi connectivity index (χ1) is 10.2. The van der Waals surface area contributed by atoms with Crippen molar-refractivity contribution in [3.8, 4) is 0 Å². The van der Waals surface area contributed by atoms with E-state index in [-0.39, 0.29) is 24.3 Å². The minimum Gasteiger partial charge on any atom is -0.481 e. The highest BCUT2D eigenvalue weighted by Gasteiger charge is 2.41. The quantitative estimate of drug-likeness (QED) is 0.668. The summed E-state index contributed by atoms with van der Waals surface area (Å²) in [5, 5.41) is 15.0. The molecule has 0 aromatic rings. The van der Waals surface area contributed by atoms with Gasteiger partial charge in [0.25, 0.3) is 0 Å². The molecule has 1 rings (SSSR count). The van der Waals surface area contributed by atoms with Crippen molar-refractivity contribution in [1.82, 2.24) is 10.6 Å². The first-order valence-corrected chi connectivity index (χ1v) is 8.08. The molecule has 0 aliphatic heterocycles. The molecule has 0 radical (unpaired) electrons. The Bertz CT molecular complexity index is 422. The molecule has 6 nitrogen and oxygen atoms in total. The monoisotopic (exact) mass is 312 g/mol. The van der Waals surface area contributed by atoms with Crippen LogP contribution in [-0.4, -0.2) is 34.5 Å². The molecule has 22 heavy (non-hydrogen) atoms. The van der Waals surface area contributed by atoms with Crippen molar-refractivity contribution in [2.45, 2.75) is 77.3 Å². The summed E-state index contributed by atoms with van der Waals surface area (Å²) in [6, 6.07) is 0.0961. The van der Waals surface area contributed by atoms with E-state index in [0.717, 1.165) is 12.8 Å². The Balaban J connectivity index is 2.42. The van der Waals surface area contributed by atoms with E-state index in [1.165, 1.54) is 0 Å². The molecule has 1 fully saturated rings. The SMILES string of the molecule is CC(C)NC(=O)CCCC(=O)NC1(C)CCCCC1C(=O)O. The van der Waals surface area contributed by atoms with Crippen LogP contribution in [0.4, 0.5) is 0 Å². The van der Waals surface area contributed by atoms with Gasteiger partial charge in [-0.2, -0.15) is 0 Å². The molecule has 0 saturated heterocycles. The van der Waals surface area contributed by atoms with Gasteiger partial charge in [0.2, 0.25) is 11.8 Å². The molecular weight excluding hydrogens is 284 g/mol. The van der Waals surface area contributed by atoms with E-state index in [1.54, 1.807) is 0 Å². The maximum Gasteiger partial charge on any atom is 0.308 e. The zero-order valence-electron chi connectivity index (χ0n) is 13.8. The third-order valence-electron chi connectivity index (χ3n) is 4.19. The molecule has 1 aliphatic carbocycles. The number of carbonyl (C=O) groups excluding carboxylic acids is 2. The van der Waals surface area contributed by atoms with Crippen LogP contribution in [0.25, 0.3) is 0 Å². The van der Waals surface area contributed by atoms with Gasteiger partial charge in [-0.1, -0.05) is 12.8 Å². The Hall–Kier alpha value is -1.59. The van der Waals surface area contributed by atoms with E-state index in [4.69, 9.17) is 0 Å². The Labute approximate surface area is 132 Å². The van der Waals surface area contributed by atoms with Gasteiger partial charge in [-0.05, 0) is 40.0 Å². The fourth-order valence-electron chi connectivity index (χ4n) is 3.06. The molecule has 0 bridgehead atoms. The van der Waals surface area contributed by atoms with E-state index >= 15 is 0 Å². The standard InChI is InChI=1S/C16H28N2O4/c1-11(2)17-13(19)8-6-9-14(20)18-16(3)10-5-4-7-12(16)15(21)22/h11-12H,4-10H2,1-3H3,(H,17,19)(H,18,20)(H,21,22). The summed E-state index contributed by atoms with van der Waals surface area (Å²) >= 11 is 0. The minimum absolute atomic E-state index is 0.0601. The Morgan fingerprint density at radius 3 is 2.41 bits per heavy atom. The minimum atomic E-state index is -0.848. The van der Waals surface area contributed by atoms with Crippen molar-refractivity contribution in [2.75, 3.05) is 0 Å². The Morgan fingerprint density at radius 1 is 1.18 bits per heavy atom. The summed E-state index contributed by atoms with van der Waals surface area (Å²) in [6.45, 7) is 5.59. The van der Waals surface area contributed by atoms with Gasteiger partial charge in [0.15, 0.2) is 0 Å². The van der Waals surface area contributed by atoms with Gasteiger partial charge in [-0.3, -0.25) is 14.4 Å². The predicted octanol–water partition coefficient (Wildman–Crippen LogP) is 1.83. The smallest absolute Gasteiger partial charge is 0.308 e. The van der Waals surface area contributed by atoms with Crippen LogP contribution in [0.3, 0.4) is 0 Å². The third kappa shape index (κ3) is 5.66. The van der Waals surface area contributed by atoms with Crippen molar-refractivity contribution in [1.29, 1.82) is 0 Å². The van der Waals surface area contributed by atoms with Crippen molar-refractivity contribution in [3.63, 3.8) is 0 Å². The second-order valence-corrected chi connectivity index (χ2v) is 6.68. The lowest BCUT2D eigenvalue weighted by Gasteiger charge is -2.39. The summed E-state index contributed by atoms with van der Waals surface area (Å²) in [5.74, 6) is -1.61. The lowest BCUT2D eigenvalue weighted by Crippen LogP contribution is -2.55. The van der Waals surface area contributed by atoms with Gasteiger partial charge >= 0.3 is 5.97 Å². The van der Waals surface area contributed by atoms with Crippen LogP contribution < -0.4 is 10.6 Å². The number of aliphatic carboxylic acids is 1. The highest BCUT2D eigenvalue weighted by atomic mass is 16.4. The Morgan fingerprint density at radius 2 is 1.82 bits per heavy atom. The third-order valence-corrected chi connectivity index (χ3v) is 4.19. The average molecular weight is 312 g/mol. The lowest BCUT2D eigenvalue weighted by atomic mass is 9.74. The van der Waals surface area contributed by atoms with Gasteiger partial charge in [0, 0.05) is 18.9 Å². The molecule has 6 heteroatoms. The van der Waals surface area contributed by atoms with Crippen molar-refractivity contribution in [3.05, 3.63) is 0 Å². The number of carboxylic acids is 1. The van der Waals surface area contributed by atoms with Crippen LogP contribution >= 0.6 is 0 Å². The Kier molecular flexibility index (Phi) is 6.84. The molecule has 0 aromatic heterocycles. The molecular formula is C16H28N2O4. The van der Waals surface area contributed by atoms with E-state index in [2.05, 4.69) is 10.6 Å². The number of hydrogen-bond acceptors (Lipinski definition) is 3. The van der Waals surface area contributed by atoms with Gasteiger partial charge < -0.3 is 15.7 Å². The van der Waals surface area contributed by atoms with E-state index in [9.17, 15) is 19.5 Å². The van der Waals surface area contributed by atoms with Crippen LogP contribution in [0.5, 0.6) is 0 Å². The highest BCUT2D eigenvalue weighted by Crippen LogP contribution is 2.33. The van der Waals surface area contributed by atoms with Gasteiger partial charge in [-0.25, -0.2) is 0 Å². The summed E-state index contributed by atoms with van der Waals surface area (Å²) in [5.41, 5.74) is -0.679. The summed E-state index contributed by atoms with van der Waals surface area (Å²) in [7, 11) is 0. The summed E-state index contributed by atoms with van der Waals surface area (Å²) in [6.07, 6.45) is 4.12. The first kappa shape index (κ1) is 18.5. The van der Waals surface area contributed by atoms with Crippen LogP contribution in [0.1, 0.15) is 65.7 Å².